The minimum absolute atomic E-state index is 0.0990. The molecule has 5 rings (SSSR count). The molecule has 0 saturated carbocycles. The van der Waals surface area contributed by atoms with Gasteiger partial charge in [-0.1, -0.05) is 17.9 Å². The van der Waals surface area contributed by atoms with Crippen LogP contribution >= 0.6 is 11.3 Å². The van der Waals surface area contributed by atoms with Crippen molar-refractivity contribution in [2.24, 2.45) is 0 Å². The first-order valence-corrected chi connectivity index (χ1v) is 11.1. The Morgan fingerprint density at radius 1 is 1.41 bits per heavy atom. The molecule has 1 fully saturated rings. The van der Waals surface area contributed by atoms with E-state index < -0.39 is 5.82 Å². The Bertz CT molecular complexity index is 1490. The number of thiazole rings is 1. The average molecular weight is 449 g/mol. The Balaban J connectivity index is 1.62. The van der Waals surface area contributed by atoms with Crippen LogP contribution in [0.25, 0.3) is 21.1 Å². The molecule has 0 spiro atoms. The molecule has 1 atom stereocenters. The van der Waals surface area contributed by atoms with Gasteiger partial charge < -0.3 is 10.3 Å². The molecule has 0 radical (unpaired) electrons. The molecular formula is C23H21FN6OS. The van der Waals surface area contributed by atoms with E-state index in [-0.39, 0.29) is 23.0 Å². The van der Waals surface area contributed by atoms with Gasteiger partial charge in [-0.05, 0) is 25.5 Å². The molecule has 1 aliphatic heterocycles. The van der Waals surface area contributed by atoms with Crippen LogP contribution in [0.15, 0.2) is 35.8 Å². The maximum atomic E-state index is 14.6. The summed E-state index contributed by atoms with van der Waals surface area (Å²) in [5.74, 6) is 5.72. The van der Waals surface area contributed by atoms with Crippen LogP contribution in [0.3, 0.4) is 0 Å². The molecule has 0 aliphatic carbocycles. The summed E-state index contributed by atoms with van der Waals surface area (Å²) in [6.07, 6.45) is 4.59. The monoisotopic (exact) mass is 448 g/mol. The third kappa shape index (κ3) is 3.47. The second-order valence-corrected chi connectivity index (χ2v) is 9.12. The number of nitrogen functional groups attached to an aromatic ring is 1. The maximum absolute atomic E-state index is 14.6. The number of likely N-dealkylation sites (tertiary alicyclic amines) is 1. The summed E-state index contributed by atoms with van der Waals surface area (Å²) in [4.78, 5) is 19.4. The van der Waals surface area contributed by atoms with Gasteiger partial charge in [0.1, 0.15) is 11.3 Å². The molecule has 4 aromatic rings. The maximum Gasteiger partial charge on any atom is 0.288 e. The highest BCUT2D eigenvalue weighted by molar-refractivity contribution is 7.18. The fourth-order valence-corrected chi connectivity index (χ4v) is 5.13. The van der Waals surface area contributed by atoms with Crippen LogP contribution in [0, 0.1) is 24.6 Å². The fraction of sp³-hybridized carbons (Fsp3) is 0.261. The molecule has 0 unspecified atom stereocenters. The van der Waals surface area contributed by atoms with Crippen LogP contribution in [0.2, 0.25) is 0 Å². The van der Waals surface area contributed by atoms with E-state index in [0.29, 0.717) is 22.0 Å². The summed E-state index contributed by atoms with van der Waals surface area (Å²) in [5, 5.41) is 7.75. The number of aromatic amines is 1. The Kier molecular flexibility index (Phi) is 5.04. The minimum atomic E-state index is -0.405. The van der Waals surface area contributed by atoms with Gasteiger partial charge in [0.25, 0.3) is 5.56 Å². The zero-order chi connectivity index (χ0) is 22.4. The van der Waals surface area contributed by atoms with E-state index in [1.54, 1.807) is 6.07 Å². The minimum Gasteiger partial charge on any atom is -0.382 e. The number of H-pyrrole nitrogens is 1. The lowest BCUT2D eigenvalue weighted by molar-refractivity contribution is 0.359. The molecule has 4 heterocycles. The molecule has 32 heavy (non-hydrogen) atoms. The number of aryl methyl sites for hydroxylation is 1. The van der Waals surface area contributed by atoms with Crippen molar-refractivity contribution in [3.63, 3.8) is 0 Å². The first-order valence-electron chi connectivity index (χ1n) is 10.2. The molecule has 1 saturated heterocycles. The Hall–Kier alpha value is -3.48. The van der Waals surface area contributed by atoms with Crippen molar-refractivity contribution in [3.05, 3.63) is 63.3 Å². The average Bonchev–Trinajstić information content (AvgIpc) is 3.46. The number of halogens is 1. The summed E-state index contributed by atoms with van der Waals surface area (Å²) >= 11 is 1.44. The normalized spacial score (nSPS) is 16.5. The topological polar surface area (TPSA) is 92.8 Å². The predicted molar refractivity (Wildman–Crippen MR) is 125 cm³/mol. The quantitative estimate of drug-likeness (QED) is 0.371. The number of benzene rings is 1. The smallest absolute Gasteiger partial charge is 0.288 e. The van der Waals surface area contributed by atoms with E-state index in [0.717, 1.165) is 35.8 Å². The molecule has 1 aliphatic rings. The number of nitrogens with one attached hydrogen (secondary N) is 1. The Morgan fingerprint density at radius 2 is 2.22 bits per heavy atom. The summed E-state index contributed by atoms with van der Waals surface area (Å²) in [5.41, 5.74) is 7.75. The van der Waals surface area contributed by atoms with Gasteiger partial charge in [0, 0.05) is 31.9 Å². The van der Waals surface area contributed by atoms with E-state index in [1.165, 1.54) is 17.4 Å². The van der Waals surface area contributed by atoms with Crippen LogP contribution < -0.4 is 11.3 Å². The summed E-state index contributed by atoms with van der Waals surface area (Å²) in [7, 11) is 0. The molecule has 3 aromatic heterocycles. The lowest BCUT2D eigenvalue weighted by Crippen LogP contribution is -2.22. The molecule has 0 bridgehead atoms. The highest BCUT2D eigenvalue weighted by atomic mass is 32.1. The largest absolute Gasteiger partial charge is 0.382 e. The molecular weight excluding hydrogens is 427 g/mol. The highest BCUT2D eigenvalue weighted by Crippen LogP contribution is 2.30. The van der Waals surface area contributed by atoms with Crippen LogP contribution in [0.5, 0.6) is 0 Å². The fourth-order valence-electron chi connectivity index (χ4n) is 4.30. The second-order valence-electron chi connectivity index (χ2n) is 7.89. The number of nitrogens with zero attached hydrogens (tertiary/aromatic N) is 4. The van der Waals surface area contributed by atoms with Crippen LogP contribution in [0.1, 0.15) is 28.6 Å². The Morgan fingerprint density at radius 3 is 3.03 bits per heavy atom. The van der Waals surface area contributed by atoms with Gasteiger partial charge in [0.2, 0.25) is 0 Å². The van der Waals surface area contributed by atoms with Crippen molar-refractivity contribution in [1.82, 2.24) is 24.6 Å². The molecule has 0 amide bonds. The number of aromatic nitrogens is 4. The number of fused-ring (bicyclic) bond motifs is 2. The number of nitrogens with two attached hydrogens (primary N) is 1. The van der Waals surface area contributed by atoms with Gasteiger partial charge in [0.05, 0.1) is 31.7 Å². The SMILES string of the molecule is C=CCN1CC[C@H](n2cc(C#Cc3cc4nc(C)sc4cc3F)c3c(N)n[nH]c(=O)c32)C1. The van der Waals surface area contributed by atoms with E-state index in [9.17, 15) is 9.18 Å². The van der Waals surface area contributed by atoms with E-state index in [4.69, 9.17) is 5.73 Å². The van der Waals surface area contributed by atoms with Gasteiger partial charge >= 0.3 is 0 Å². The Labute approximate surface area is 187 Å². The zero-order valence-electron chi connectivity index (χ0n) is 17.5. The molecule has 7 nitrogen and oxygen atoms in total. The van der Waals surface area contributed by atoms with Gasteiger partial charge in [-0.2, -0.15) is 5.10 Å². The lowest BCUT2D eigenvalue weighted by Gasteiger charge is -2.15. The van der Waals surface area contributed by atoms with Gasteiger partial charge in [-0.3, -0.25) is 9.69 Å². The molecule has 1 aromatic carbocycles. The van der Waals surface area contributed by atoms with Crippen molar-refractivity contribution in [1.29, 1.82) is 0 Å². The molecule has 162 valence electrons. The number of hydrogen-bond donors (Lipinski definition) is 2. The van der Waals surface area contributed by atoms with Crippen molar-refractivity contribution in [2.75, 3.05) is 25.4 Å². The summed E-state index contributed by atoms with van der Waals surface area (Å²) < 4.78 is 17.3. The van der Waals surface area contributed by atoms with E-state index in [1.807, 2.05) is 23.8 Å². The number of hydrogen-bond acceptors (Lipinski definition) is 6. The van der Waals surface area contributed by atoms with Crippen molar-refractivity contribution in [2.45, 2.75) is 19.4 Å². The number of rotatable bonds is 3. The third-order valence-corrected chi connectivity index (χ3v) is 6.66. The third-order valence-electron chi connectivity index (χ3n) is 5.73. The first-order chi connectivity index (χ1) is 15.4. The zero-order valence-corrected chi connectivity index (χ0v) is 18.3. The van der Waals surface area contributed by atoms with Crippen LogP contribution in [-0.2, 0) is 0 Å². The van der Waals surface area contributed by atoms with Gasteiger partial charge in [-0.15, -0.1) is 17.9 Å². The van der Waals surface area contributed by atoms with Crippen LogP contribution in [0.4, 0.5) is 10.2 Å². The van der Waals surface area contributed by atoms with Crippen LogP contribution in [-0.4, -0.2) is 44.3 Å². The van der Waals surface area contributed by atoms with Gasteiger partial charge in [0.15, 0.2) is 5.82 Å². The summed E-state index contributed by atoms with van der Waals surface area (Å²) in [6.45, 7) is 8.18. The van der Waals surface area contributed by atoms with Crippen molar-refractivity contribution in [3.8, 4) is 11.8 Å². The highest BCUT2D eigenvalue weighted by Gasteiger charge is 2.26. The number of anilines is 1. The second kappa shape index (κ2) is 7.89. The van der Waals surface area contributed by atoms with Gasteiger partial charge in [-0.25, -0.2) is 14.5 Å². The lowest BCUT2D eigenvalue weighted by atomic mass is 10.1. The standard InChI is InChI=1S/C23H21FN6OS/c1-3-7-29-8-6-16(12-29)30-11-15(20-21(30)23(31)28-27-22(20)25)5-4-14-9-18-19(10-17(14)24)32-13(2)26-18/h3,9-11,16H,1,6-8,12H2,2H3,(H2,25,27)(H,28,31)/t16-/m0/s1. The van der Waals surface area contributed by atoms with Crippen molar-refractivity contribution < 1.29 is 4.39 Å². The van der Waals surface area contributed by atoms with E-state index >= 15 is 0 Å². The van der Waals surface area contributed by atoms with Crippen molar-refractivity contribution >= 4 is 38.3 Å². The van der Waals surface area contributed by atoms with E-state index in [2.05, 4.69) is 38.5 Å². The first kappa shape index (κ1) is 20.4. The predicted octanol–water partition coefficient (Wildman–Crippen LogP) is 3.20. The summed E-state index contributed by atoms with van der Waals surface area (Å²) in [6, 6.07) is 3.21. The molecule has 3 N–H and O–H groups in total. The molecule has 9 heteroatoms.